The maximum absolute atomic E-state index is 6.22. The molecule has 0 radical (unpaired) electrons. The predicted octanol–water partition coefficient (Wildman–Crippen LogP) is 4.73. The highest BCUT2D eigenvalue weighted by molar-refractivity contribution is 7.19. The molecule has 0 atom stereocenters. The molecule has 0 aliphatic rings. The van der Waals surface area contributed by atoms with Crippen LogP contribution in [0.4, 0.5) is 5.00 Å². The van der Waals surface area contributed by atoms with Gasteiger partial charge in [-0.15, -0.1) is 11.3 Å². The zero-order valence-electron chi connectivity index (χ0n) is 9.60. The van der Waals surface area contributed by atoms with Gasteiger partial charge in [0.05, 0.1) is 5.00 Å². The Bertz CT molecular complexity index is 517. The molecule has 0 fully saturated rings. The molecule has 0 amide bonds. The second-order valence-electron chi connectivity index (χ2n) is 3.74. The lowest BCUT2D eigenvalue weighted by Crippen LogP contribution is -1.85. The lowest BCUT2D eigenvalue weighted by atomic mass is 10.1. The van der Waals surface area contributed by atoms with Crippen molar-refractivity contribution in [2.24, 2.45) is 0 Å². The number of thiophene rings is 1. The number of rotatable bonds is 2. The summed E-state index contributed by atoms with van der Waals surface area (Å²) >= 11 is 7.98. The smallest absolute Gasteiger partial charge is 0.0918 e. The molecule has 1 N–H and O–H groups in total. The summed E-state index contributed by atoms with van der Waals surface area (Å²) in [5.41, 5.74) is 3.74. The molecule has 0 aliphatic heterocycles. The fraction of sp³-hybridized carbons (Fsp3) is 0.231. The van der Waals surface area contributed by atoms with Gasteiger partial charge in [-0.1, -0.05) is 29.8 Å². The van der Waals surface area contributed by atoms with E-state index in [0.29, 0.717) is 0 Å². The van der Waals surface area contributed by atoms with E-state index in [2.05, 4.69) is 25.2 Å². The van der Waals surface area contributed by atoms with Crippen LogP contribution >= 0.6 is 22.9 Å². The van der Waals surface area contributed by atoms with E-state index in [4.69, 9.17) is 11.6 Å². The highest BCUT2D eigenvalue weighted by Gasteiger charge is 2.13. The van der Waals surface area contributed by atoms with Crippen molar-refractivity contribution in [3.63, 3.8) is 0 Å². The first-order chi connectivity index (χ1) is 7.65. The third-order valence-corrected chi connectivity index (χ3v) is 4.57. The zero-order valence-corrected chi connectivity index (χ0v) is 11.2. The summed E-state index contributed by atoms with van der Waals surface area (Å²) in [5, 5.41) is 5.25. The summed E-state index contributed by atoms with van der Waals surface area (Å²) in [6.07, 6.45) is 0. The summed E-state index contributed by atoms with van der Waals surface area (Å²) in [6, 6.07) is 7.99. The van der Waals surface area contributed by atoms with Crippen LogP contribution in [0.2, 0.25) is 5.02 Å². The SMILES string of the molecule is CNc1sc(-c2ccccc2Cl)c(C)c1C. The maximum Gasteiger partial charge on any atom is 0.0918 e. The number of hydrogen-bond acceptors (Lipinski definition) is 2. The number of nitrogens with one attached hydrogen (secondary N) is 1. The third-order valence-electron chi connectivity index (χ3n) is 2.79. The van der Waals surface area contributed by atoms with Crippen molar-refractivity contribution in [2.75, 3.05) is 12.4 Å². The Balaban J connectivity index is 2.61. The first-order valence-electron chi connectivity index (χ1n) is 5.17. The molecule has 0 bridgehead atoms. The molecule has 1 heterocycles. The molecule has 2 rings (SSSR count). The van der Waals surface area contributed by atoms with Crippen molar-refractivity contribution in [2.45, 2.75) is 13.8 Å². The highest BCUT2D eigenvalue weighted by Crippen LogP contribution is 2.41. The first kappa shape index (κ1) is 11.5. The molecule has 3 heteroatoms. The Hall–Kier alpha value is -0.990. The zero-order chi connectivity index (χ0) is 11.7. The summed E-state index contributed by atoms with van der Waals surface area (Å²) in [6.45, 7) is 4.28. The fourth-order valence-corrected chi connectivity index (χ4v) is 3.23. The minimum atomic E-state index is 0.814. The van der Waals surface area contributed by atoms with Crippen LogP contribution in [-0.2, 0) is 0 Å². The largest absolute Gasteiger partial charge is 0.380 e. The van der Waals surface area contributed by atoms with Gasteiger partial charge in [0.15, 0.2) is 0 Å². The van der Waals surface area contributed by atoms with Gasteiger partial charge in [-0.05, 0) is 31.0 Å². The van der Waals surface area contributed by atoms with Gasteiger partial charge >= 0.3 is 0 Å². The van der Waals surface area contributed by atoms with E-state index in [9.17, 15) is 0 Å². The van der Waals surface area contributed by atoms with Gasteiger partial charge in [0.25, 0.3) is 0 Å². The van der Waals surface area contributed by atoms with Gasteiger partial charge in [-0.25, -0.2) is 0 Å². The van der Waals surface area contributed by atoms with Gasteiger partial charge in [0.1, 0.15) is 0 Å². The van der Waals surface area contributed by atoms with Crippen LogP contribution < -0.4 is 5.32 Å². The molecule has 1 nitrogen and oxygen atoms in total. The number of halogens is 1. The highest BCUT2D eigenvalue weighted by atomic mass is 35.5. The standard InChI is InChI=1S/C13H14ClNS/c1-8-9(2)13(15-3)16-12(8)10-6-4-5-7-11(10)14/h4-7,15H,1-3H3. The molecule has 84 valence electrons. The number of hydrogen-bond donors (Lipinski definition) is 1. The van der Waals surface area contributed by atoms with Crippen LogP contribution in [0, 0.1) is 13.8 Å². The number of anilines is 1. The Kier molecular flexibility index (Phi) is 3.22. The van der Waals surface area contributed by atoms with Crippen molar-refractivity contribution < 1.29 is 0 Å². The second-order valence-corrected chi connectivity index (χ2v) is 5.17. The minimum absolute atomic E-state index is 0.814. The van der Waals surface area contributed by atoms with E-state index in [1.165, 1.54) is 21.0 Å². The van der Waals surface area contributed by atoms with Gasteiger partial charge in [-0.3, -0.25) is 0 Å². The summed E-state index contributed by atoms with van der Waals surface area (Å²) in [4.78, 5) is 1.26. The summed E-state index contributed by atoms with van der Waals surface area (Å²) in [7, 11) is 1.95. The van der Waals surface area contributed by atoms with E-state index in [-0.39, 0.29) is 0 Å². The van der Waals surface area contributed by atoms with Crippen molar-refractivity contribution in [3.8, 4) is 10.4 Å². The van der Waals surface area contributed by atoms with E-state index < -0.39 is 0 Å². The number of benzene rings is 1. The normalized spacial score (nSPS) is 10.5. The lowest BCUT2D eigenvalue weighted by Gasteiger charge is -2.02. The van der Waals surface area contributed by atoms with Crippen LogP contribution in [-0.4, -0.2) is 7.05 Å². The van der Waals surface area contributed by atoms with Gasteiger partial charge < -0.3 is 5.32 Å². The van der Waals surface area contributed by atoms with Crippen LogP contribution in [0.1, 0.15) is 11.1 Å². The van der Waals surface area contributed by atoms with E-state index in [1.807, 2.05) is 25.2 Å². The van der Waals surface area contributed by atoms with Crippen LogP contribution in [0.15, 0.2) is 24.3 Å². The second kappa shape index (κ2) is 4.48. The van der Waals surface area contributed by atoms with Gasteiger partial charge in [0.2, 0.25) is 0 Å². The first-order valence-corrected chi connectivity index (χ1v) is 6.37. The van der Waals surface area contributed by atoms with Crippen molar-refractivity contribution in [1.29, 1.82) is 0 Å². The fourth-order valence-electron chi connectivity index (χ4n) is 1.74. The Morgan fingerprint density at radius 2 is 1.81 bits per heavy atom. The lowest BCUT2D eigenvalue weighted by molar-refractivity contribution is 1.38. The molecule has 0 saturated heterocycles. The molecular weight excluding hydrogens is 238 g/mol. The molecule has 1 aromatic carbocycles. The van der Waals surface area contributed by atoms with E-state index in [1.54, 1.807) is 11.3 Å². The predicted molar refractivity (Wildman–Crippen MR) is 73.8 cm³/mol. The van der Waals surface area contributed by atoms with E-state index in [0.717, 1.165) is 10.6 Å². The van der Waals surface area contributed by atoms with Crippen LogP contribution in [0.5, 0.6) is 0 Å². The van der Waals surface area contributed by atoms with Crippen LogP contribution in [0.25, 0.3) is 10.4 Å². The summed E-state index contributed by atoms with van der Waals surface area (Å²) in [5.74, 6) is 0. The average molecular weight is 252 g/mol. The average Bonchev–Trinajstić information content (AvgIpc) is 2.57. The van der Waals surface area contributed by atoms with E-state index >= 15 is 0 Å². The van der Waals surface area contributed by atoms with Gasteiger partial charge in [0, 0.05) is 22.5 Å². The van der Waals surface area contributed by atoms with Crippen molar-refractivity contribution in [1.82, 2.24) is 0 Å². The quantitative estimate of drug-likeness (QED) is 0.814. The van der Waals surface area contributed by atoms with Crippen LogP contribution in [0.3, 0.4) is 0 Å². The molecule has 0 spiro atoms. The Morgan fingerprint density at radius 1 is 1.12 bits per heavy atom. The third kappa shape index (κ3) is 1.83. The van der Waals surface area contributed by atoms with Crippen molar-refractivity contribution in [3.05, 3.63) is 40.4 Å². The molecule has 0 unspecified atom stereocenters. The minimum Gasteiger partial charge on any atom is -0.380 e. The Morgan fingerprint density at radius 3 is 2.38 bits per heavy atom. The molecule has 1 aromatic heterocycles. The Labute approximate surface area is 105 Å². The molecular formula is C13H14ClNS. The molecule has 0 aliphatic carbocycles. The molecule has 0 saturated carbocycles. The van der Waals surface area contributed by atoms with Crippen molar-refractivity contribution >= 4 is 27.9 Å². The molecule has 16 heavy (non-hydrogen) atoms. The monoisotopic (exact) mass is 251 g/mol. The van der Waals surface area contributed by atoms with Gasteiger partial charge in [-0.2, -0.15) is 0 Å². The summed E-state index contributed by atoms with van der Waals surface area (Å²) < 4.78 is 0. The topological polar surface area (TPSA) is 12.0 Å². The molecule has 2 aromatic rings. The maximum atomic E-state index is 6.22.